The third kappa shape index (κ3) is 2.61. The molecular weight excluding hydrogens is 196 g/mol. The summed E-state index contributed by atoms with van der Waals surface area (Å²) in [7, 11) is 0. The van der Waals surface area contributed by atoms with Crippen LogP contribution >= 0.6 is 0 Å². The standard InChI is InChI=1S/C15H28O/c1-2-11-15(16)12-7-6-10-14(15)13-8-4-3-5-9-13/h13-14,16H,2-12H2,1H3. The molecule has 0 radical (unpaired) electrons. The highest BCUT2D eigenvalue weighted by Crippen LogP contribution is 2.45. The second kappa shape index (κ2) is 5.53. The van der Waals surface area contributed by atoms with Crippen LogP contribution in [0.15, 0.2) is 0 Å². The monoisotopic (exact) mass is 224 g/mol. The van der Waals surface area contributed by atoms with Crippen LogP contribution in [-0.2, 0) is 0 Å². The predicted molar refractivity (Wildman–Crippen MR) is 68.4 cm³/mol. The summed E-state index contributed by atoms with van der Waals surface area (Å²) in [5, 5.41) is 10.9. The van der Waals surface area contributed by atoms with Gasteiger partial charge in [0.1, 0.15) is 0 Å². The summed E-state index contributed by atoms with van der Waals surface area (Å²) in [6.45, 7) is 2.21. The fourth-order valence-corrected chi connectivity index (χ4v) is 4.20. The average molecular weight is 224 g/mol. The largest absolute Gasteiger partial charge is 0.390 e. The van der Waals surface area contributed by atoms with Gasteiger partial charge >= 0.3 is 0 Å². The van der Waals surface area contributed by atoms with Gasteiger partial charge in [0.05, 0.1) is 5.60 Å². The molecule has 0 aliphatic heterocycles. The SMILES string of the molecule is CCCC1(O)CCCCC1C1CCCCC1. The van der Waals surface area contributed by atoms with E-state index >= 15 is 0 Å². The van der Waals surface area contributed by atoms with E-state index in [1.54, 1.807) is 0 Å². The van der Waals surface area contributed by atoms with Crippen LogP contribution < -0.4 is 0 Å². The zero-order chi connectivity index (χ0) is 11.4. The van der Waals surface area contributed by atoms with Crippen molar-refractivity contribution in [2.45, 2.75) is 83.2 Å². The second-order valence-corrected chi connectivity index (χ2v) is 6.10. The molecule has 0 amide bonds. The first-order valence-electron chi connectivity index (χ1n) is 7.48. The van der Waals surface area contributed by atoms with Gasteiger partial charge in [-0.1, -0.05) is 58.3 Å². The van der Waals surface area contributed by atoms with Crippen molar-refractivity contribution in [3.63, 3.8) is 0 Å². The van der Waals surface area contributed by atoms with E-state index in [1.165, 1.54) is 51.4 Å². The van der Waals surface area contributed by atoms with Crippen molar-refractivity contribution >= 4 is 0 Å². The van der Waals surface area contributed by atoms with Crippen molar-refractivity contribution in [1.29, 1.82) is 0 Å². The summed E-state index contributed by atoms with van der Waals surface area (Å²) < 4.78 is 0. The van der Waals surface area contributed by atoms with Crippen molar-refractivity contribution in [2.75, 3.05) is 0 Å². The summed E-state index contributed by atoms with van der Waals surface area (Å²) in [5.74, 6) is 1.46. The average Bonchev–Trinajstić information content (AvgIpc) is 2.31. The summed E-state index contributed by atoms with van der Waals surface area (Å²) in [6.07, 6.45) is 14.2. The summed E-state index contributed by atoms with van der Waals surface area (Å²) in [5.41, 5.74) is -0.297. The van der Waals surface area contributed by atoms with Gasteiger partial charge in [0, 0.05) is 0 Å². The molecule has 1 nitrogen and oxygen atoms in total. The lowest BCUT2D eigenvalue weighted by atomic mass is 9.64. The molecule has 2 saturated carbocycles. The van der Waals surface area contributed by atoms with Crippen LogP contribution in [-0.4, -0.2) is 10.7 Å². The Morgan fingerprint density at radius 2 is 1.69 bits per heavy atom. The Bertz CT molecular complexity index is 203. The molecule has 0 spiro atoms. The minimum absolute atomic E-state index is 0.297. The third-order valence-corrected chi connectivity index (χ3v) is 4.97. The number of hydrogen-bond donors (Lipinski definition) is 1. The quantitative estimate of drug-likeness (QED) is 0.758. The van der Waals surface area contributed by atoms with Crippen molar-refractivity contribution in [3.8, 4) is 0 Å². The molecule has 1 heteroatoms. The molecule has 94 valence electrons. The Hall–Kier alpha value is -0.0400. The van der Waals surface area contributed by atoms with Gasteiger partial charge in [-0.15, -0.1) is 0 Å². The highest BCUT2D eigenvalue weighted by Gasteiger charge is 2.42. The molecule has 16 heavy (non-hydrogen) atoms. The first kappa shape index (κ1) is 12.4. The highest BCUT2D eigenvalue weighted by molar-refractivity contribution is 4.93. The molecule has 2 atom stereocenters. The molecule has 2 fully saturated rings. The highest BCUT2D eigenvalue weighted by atomic mass is 16.3. The minimum atomic E-state index is -0.297. The first-order valence-corrected chi connectivity index (χ1v) is 7.48. The van der Waals surface area contributed by atoms with Crippen LogP contribution in [0.2, 0.25) is 0 Å². The number of aliphatic hydroxyl groups is 1. The summed E-state index contributed by atoms with van der Waals surface area (Å²) in [6, 6.07) is 0. The van der Waals surface area contributed by atoms with Gasteiger partial charge in [0.2, 0.25) is 0 Å². The zero-order valence-electron chi connectivity index (χ0n) is 10.9. The lowest BCUT2D eigenvalue weighted by molar-refractivity contribution is -0.0832. The fourth-order valence-electron chi connectivity index (χ4n) is 4.20. The molecule has 2 rings (SSSR count). The molecule has 0 aromatic carbocycles. The topological polar surface area (TPSA) is 20.2 Å². The van der Waals surface area contributed by atoms with Crippen molar-refractivity contribution in [3.05, 3.63) is 0 Å². The summed E-state index contributed by atoms with van der Waals surface area (Å²) in [4.78, 5) is 0. The molecular formula is C15H28O. The Kier molecular flexibility index (Phi) is 4.29. The van der Waals surface area contributed by atoms with Gasteiger partial charge in [-0.25, -0.2) is 0 Å². The van der Waals surface area contributed by atoms with Crippen molar-refractivity contribution in [2.24, 2.45) is 11.8 Å². The van der Waals surface area contributed by atoms with Crippen molar-refractivity contribution in [1.82, 2.24) is 0 Å². The van der Waals surface area contributed by atoms with Crippen LogP contribution in [0, 0.1) is 11.8 Å². The molecule has 0 bridgehead atoms. The predicted octanol–water partition coefficient (Wildman–Crippen LogP) is 4.29. The van der Waals surface area contributed by atoms with E-state index in [-0.39, 0.29) is 5.60 Å². The molecule has 0 aromatic rings. The van der Waals surface area contributed by atoms with E-state index < -0.39 is 0 Å². The Balaban J connectivity index is 2.02. The van der Waals surface area contributed by atoms with E-state index in [4.69, 9.17) is 0 Å². The fraction of sp³-hybridized carbons (Fsp3) is 1.00. The molecule has 0 saturated heterocycles. The second-order valence-electron chi connectivity index (χ2n) is 6.10. The minimum Gasteiger partial charge on any atom is -0.390 e. The van der Waals surface area contributed by atoms with E-state index in [0.717, 1.165) is 25.2 Å². The van der Waals surface area contributed by atoms with Gasteiger partial charge in [-0.3, -0.25) is 0 Å². The van der Waals surface area contributed by atoms with Gasteiger partial charge in [-0.2, -0.15) is 0 Å². The number of rotatable bonds is 3. The molecule has 1 N–H and O–H groups in total. The van der Waals surface area contributed by atoms with E-state index in [9.17, 15) is 5.11 Å². The van der Waals surface area contributed by atoms with Crippen LogP contribution in [0.4, 0.5) is 0 Å². The van der Waals surface area contributed by atoms with Crippen molar-refractivity contribution < 1.29 is 5.11 Å². The Labute approximate surface area is 101 Å². The van der Waals surface area contributed by atoms with E-state index in [2.05, 4.69) is 6.92 Å². The van der Waals surface area contributed by atoms with Crippen LogP contribution in [0.25, 0.3) is 0 Å². The Morgan fingerprint density at radius 1 is 1.00 bits per heavy atom. The first-order chi connectivity index (χ1) is 7.76. The maximum Gasteiger partial charge on any atom is 0.0678 e. The van der Waals surface area contributed by atoms with Crippen LogP contribution in [0.3, 0.4) is 0 Å². The maximum absolute atomic E-state index is 10.9. The molecule has 2 unspecified atom stereocenters. The van der Waals surface area contributed by atoms with Gasteiger partial charge < -0.3 is 5.11 Å². The molecule has 2 aliphatic carbocycles. The van der Waals surface area contributed by atoms with E-state index in [0.29, 0.717) is 5.92 Å². The van der Waals surface area contributed by atoms with E-state index in [1.807, 2.05) is 0 Å². The number of hydrogen-bond acceptors (Lipinski definition) is 1. The Morgan fingerprint density at radius 3 is 2.38 bits per heavy atom. The van der Waals surface area contributed by atoms with Gasteiger partial charge in [0.25, 0.3) is 0 Å². The van der Waals surface area contributed by atoms with Crippen LogP contribution in [0.1, 0.15) is 77.6 Å². The molecule has 0 aromatic heterocycles. The smallest absolute Gasteiger partial charge is 0.0678 e. The lowest BCUT2D eigenvalue weighted by Crippen LogP contribution is -2.44. The maximum atomic E-state index is 10.9. The zero-order valence-corrected chi connectivity index (χ0v) is 10.9. The molecule has 0 heterocycles. The lowest BCUT2D eigenvalue weighted by Gasteiger charge is -2.45. The third-order valence-electron chi connectivity index (χ3n) is 4.97. The normalized spacial score (nSPS) is 37.5. The summed E-state index contributed by atoms with van der Waals surface area (Å²) >= 11 is 0. The van der Waals surface area contributed by atoms with Crippen LogP contribution in [0.5, 0.6) is 0 Å². The molecule has 2 aliphatic rings. The van der Waals surface area contributed by atoms with Gasteiger partial charge in [-0.05, 0) is 31.1 Å². The van der Waals surface area contributed by atoms with Gasteiger partial charge in [0.15, 0.2) is 0 Å².